The van der Waals surface area contributed by atoms with E-state index in [1.54, 1.807) is 13.0 Å². The van der Waals surface area contributed by atoms with E-state index in [0.29, 0.717) is 23.5 Å². The average molecular weight is 502 g/mol. The van der Waals surface area contributed by atoms with Gasteiger partial charge >= 0.3 is 17.8 Å². The number of ether oxygens (including phenoxy) is 4. The third-order valence-corrected chi connectivity index (χ3v) is 6.04. The Kier molecular flexibility index (Phi) is 6.68. The van der Waals surface area contributed by atoms with Gasteiger partial charge in [0.05, 0.1) is 18.7 Å². The van der Waals surface area contributed by atoms with Crippen LogP contribution in [0.15, 0.2) is 34.7 Å². The number of nitro groups is 1. The average Bonchev–Trinajstić information content (AvgIpc) is 3.56. The number of hydrogen-bond donors (Lipinski definition) is 1. The van der Waals surface area contributed by atoms with Crippen molar-refractivity contribution in [2.45, 2.75) is 13.3 Å². The molecule has 1 aromatic carbocycles. The summed E-state index contributed by atoms with van der Waals surface area (Å²) < 4.78 is 25.2. The first-order chi connectivity index (χ1) is 16.8. The smallest absolute Gasteiger partial charge is 0.433 e. The number of fused-ring (bicyclic) bond motifs is 1. The number of amides is 1. The van der Waals surface area contributed by atoms with Crippen LogP contribution in [-0.4, -0.2) is 43.3 Å². The number of rotatable bonds is 8. The molecule has 3 heterocycles. The van der Waals surface area contributed by atoms with Gasteiger partial charge < -0.3 is 28.7 Å². The summed E-state index contributed by atoms with van der Waals surface area (Å²) in [5, 5.41) is 13.5. The van der Waals surface area contributed by atoms with Crippen molar-refractivity contribution in [2.24, 2.45) is 0 Å². The lowest BCUT2D eigenvalue weighted by Crippen LogP contribution is -2.21. The minimum absolute atomic E-state index is 0.140. The van der Waals surface area contributed by atoms with Crippen molar-refractivity contribution in [3.8, 4) is 11.5 Å². The lowest BCUT2D eigenvalue weighted by molar-refractivity contribution is -0.402. The van der Waals surface area contributed by atoms with Crippen LogP contribution in [-0.2, 0) is 20.7 Å². The minimum Gasteiger partial charge on any atom is -0.465 e. The molecule has 35 heavy (non-hydrogen) atoms. The van der Waals surface area contributed by atoms with E-state index in [-0.39, 0.29) is 17.4 Å². The Morgan fingerprint density at radius 1 is 1.14 bits per heavy atom. The Morgan fingerprint density at radius 2 is 1.91 bits per heavy atom. The number of carbonyl (C=O) groups excluding carboxylic acids is 3. The molecule has 182 valence electrons. The second-order valence-electron chi connectivity index (χ2n) is 7.22. The van der Waals surface area contributed by atoms with E-state index in [2.05, 4.69) is 5.32 Å². The van der Waals surface area contributed by atoms with Crippen LogP contribution in [0.3, 0.4) is 0 Å². The molecule has 0 atom stereocenters. The Hall–Kier alpha value is -4.39. The molecule has 1 amide bonds. The van der Waals surface area contributed by atoms with Crippen LogP contribution >= 0.6 is 11.3 Å². The predicted molar refractivity (Wildman–Crippen MR) is 120 cm³/mol. The van der Waals surface area contributed by atoms with Gasteiger partial charge in [0.1, 0.15) is 9.92 Å². The summed E-state index contributed by atoms with van der Waals surface area (Å²) in [5.41, 5.74) is 1.71. The number of carbonyl (C=O) groups is 3. The largest absolute Gasteiger partial charge is 0.465 e. The van der Waals surface area contributed by atoms with Crippen LogP contribution < -0.4 is 14.8 Å². The Morgan fingerprint density at radius 3 is 2.63 bits per heavy atom. The van der Waals surface area contributed by atoms with Crippen molar-refractivity contribution in [3.63, 3.8) is 0 Å². The standard InChI is InChI=1S/C22H18N2O10S/c1-11-13(7-12-3-4-14-16(8-12)33-10-32-14)19(22(27)30-2)20(35-11)23-17(25)9-31-21(26)15-5-6-18(34-15)24(28)29/h3-6,8H,7,9-10H2,1-2H3,(H,23,25). The van der Waals surface area contributed by atoms with Crippen molar-refractivity contribution in [3.05, 3.63) is 67.8 Å². The molecule has 3 aromatic rings. The Bertz CT molecular complexity index is 1330. The summed E-state index contributed by atoms with van der Waals surface area (Å²) in [6.07, 6.45) is 0.367. The molecule has 1 N–H and O–H groups in total. The highest BCUT2D eigenvalue weighted by molar-refractivity contribution is 7.16. The fraction of sp³-hybridized carbons (Fsp3) is 0.227. The minimum atomic E-state index is -1.05. The van der Waals surface area contributed by atoms with Gasteiger partial charge in [-0.25, -0.2) is 9.59 Å². The SMILES string of the molecule is COC(=O)c1c(NC(=O)COC(=O)c2ccc([N+](=O)[O-])o2)sc(C)c1Cc1ccc2c(c1)OCO2. The van der Waals surface area contributed by atoms with Crippen molar-refractivity contribution in [1.29, 1.82) is 0 Å². The summed E-state index contributed by atoms with van der Waals surface area (Å²) in [5.74, 6) is -2.22. The normalized spacial score (nSPS) is 11.7. The summed E-state index contributed by atoms with van der Waals surface area (Å²) in [7, 11) is 1.23. The molecule has 0 radical (unpaired) electrons. The van der Waals surface area contributed by atoms with E-state index in [9.17, 15) is 24.5 Å². The van der Waals surface area contributed by atoms with E-state index in [0.717, 1.165) is 22.6 Å². The Labute approximate surface area is 201 Å². The zero-order chi connectivity index (χ0) is 25.1. The highest BCUT2D eigenvalue weighted by atomic mass is 32.1. The van der Waals surface area contributed by atoms with Gasteiger partial charge in [-0.15, -0.1) is 11.3 Å². The van der Waals surface area contributed by atoms with Crippen LogP contribution in [0.5, 0.6) is 11.5 Å². The van der Waals surface area contributed by atoms with Gasteiger partial charge in [0.25, 0.3) is 5.91 Å². The van der Waals surface area contributed by atoms with Crippen molar-refractivity contribution >= 4 is 40.1 Å². The summed E-state index contributed by atoms with van der Waals surface area (Å²) in [6.45, 7) is 1.24. The predicted octanol–water partition coefficient (Wildman–Crippen LogP) is 3.46. The molecule has 1 aliphatic rings. The quantitative estimate of drug-likeness (QED) is 0.275. The molecule has 4 rings (SSSR count). The number of anilines is 1. The number of nitrogens with one attached hydrogen (secondary N) is 1. The first kappa shape index (κ1) is 23.8. The third-order valence-electron chi connectivity index (χ3n) is 4.98. The lowest BCUT2D eigenvalue weighted by Gasteiger charge is -2.09. The number of nitrogens with zero attached hydrogens (tertiary/aromatic N) is 1. The fourth-order valence-corrected chi connectivity index (χ4v) is 4.43. The molecule has 12 nitrogen and oxygen atoms in total. The van der Waals surface area contributed by atoms with Crippen LogP contribution in [0.4, 0.5) is 10.9 Å². The van der Waals surface area contributed by atoms with Gasteiger partial charge in [-0.1, -0.05) is 6.07 Å². The molecular weight excluding hydrogens is 484 g/mol. The first-order valence-corrected chi connectivity index (χ1v) is 10.9. The molecule has 13 heteroatoms. The number of aryl methyl sites for hydroxylation is 1. The van der Waals surface area contributed by atoms with Gasteiger partial charge in [-0.05, 0) is 42.7 Å². The topological polar surface area (TPSA) is 156 Å². The van der Waals surface area contributed by atoms with Crippen molar-refractivity contribution in [1.82, 2.24) is 0 Å². The molecule has 0 spiro atoms. The fourth-order valence-electron chi connectivity index (χ4n) is 3.35. The van der Waals surface area contributed by atoms with Gasteiger partial charge in [0.15, 0.2) is 18.1 Å². The van der Waals surface area contributed by atoms with E-state index < -0.39 is 41.0 Å². The maximum atomic E-state index is 12.6. The molecule has 0 saturated carbocycles. The number of esters is 2. The van der Waals surface area contributed by atoms with Gasteiger partial charge in [0.2, 0.25) is 12.6 Å². The third kappa shape index (κ3) is 5.09. The van der Waals surface area contributed by atoms with E-state index >= 15 is 0 Å². The molecule has 0 aliphatic carbocycles. The van der Waals surface area contributed by atoms with Crippen molar-refractivity contribution in [2.75, 3.05) is 25.8 Å². The second kappa shape index (κ2) is 9.85. The molecule has 0 unspecified atom stereocenters. The van der Waals surface area contributed by atoms with Crippen LogP contribution in [0, 0.1) is 17.0 Å². The maximum Gasteiger partial charge on any atom is 0.433 e. The van der Waals surface area contributed by atoms with E-state index in [1.165, 1.54) is 18.4 Å². The Balaban J connectivity index is 1.47. The monoisotopic (exact) mass is 502 g/mol. The molecular formula is C22H18N2O10S. The number of furan rings is 1. The van der Waals surface area contributed by atoms with E-state index in [1.807, 2.05) is 12.1 Å². The highest BCUT2D eigenvalue weighted by Crippen LogP contribution is 2.37. The summed E-state index contributed by atoms with van der Waals surface area (Å²) in [6, 6.07) is 7.51. The van der Waals surface area contributed by atoms with Gasteiger partial charge in [-0.3, -0.25) is 14.9 Å². The number of thiophene rings is 1. The molecule has 0 bridgehead atoms. The molecule has 0 fully saturated rings. The number of benzene rings is 1. The first-order valence-electron chi connectivity index (χ1n) is 10.1. The van der Waals surface area contributed by atoms with E-state index in [4.69, 9.17) is 23.4 Å². The summed E-state index contributed by atoms with van der Waals surface area (Å²) in [4.78, 5) is 47.6. The molecule has 1 aliphatic heterocycles. The van der Waals surface area contributed by atoms with Crippen LogP contribution in [0.2, 0.25) is 0 Å². The molecule has 0 saturated heterocycles. The zero-order valence-electron chi connectivity index (χ0n) is 18.4. The lowest BCUT2D eigenvalue weighted by atomic mass is 10.0. The van der Waals surface area contributed by atoms with Crippen molar-refractivity contribution < 1.29 is 42.7 Å². The van der Waals surface area contributed by atoms with Gasteiger partial charge in [-0.2, -0.15) is 0 Å². The van der Waals surface area contributed by atoms with Crippen LogP contribution in [0.1, 0.15) is 36.9 Å². The summed E-state index contributed by atoms with van der Waals surface area (Å²) >= 11 is 1.17. The number of hydrogen-bond acceptors (Lipinski definition) is 11. The second-order valence-corrected chi connectivity index (χ2v) is 8.44. The number of methoxy groups -OCH3 is 1. The zero-order valence-corrected chi connectivity index (χ0v) is 19.3. The maximum absolute atomic E-state index is 12.6. The molecule has 2 aromatic heterocycles. The highest BCUT2D eigenvalue weighted by Gasteiger charge is 2.26. The van der Waals surface area contributed by atoms with Crippen LogP contribution in [0.25, 0.3) is 0 Å². The van der Waals surface area contributed by atoms with Gasteiger partial charge in [0, 0.05) is 4.88 Å².